The van der Waals surface area contributed by atoms with Crippen LogP contribution < -0.4 is 11.2 Å². The molecule has 7 heteroatoms. The first kappa shape index (κ1) is 18.0. The van der Waals surface area contributed by atoms with Crippen molar-refractivity contribution in [2.45, 2.75) is 26.5 Å². The molecule has 0 unspecified atom stereocenters. The Morgan fingerprint density at radius 1 is 1.29 bits per heavy atom. The number of aromatic hydroxyl groups is 1. The Morgan fingerprint density at radius 2 is 2.04 bits per heavy atom. The van der Waals surface area contributed by atoms with Crippen LogP contribution in [0.15, 0.2) is 39.9 Å². The van der Waals surface area contributed by atoms with Crippen molar-refractivity contribution < 1.29 is 10.2 Å². The number of phenols is 1. The van der Waals surface area contributed by atoms with Crippen molar-refractivity contribution in [2.75, 3.05) is 19.6 Å². The number of aliphatic hydroxyl groups excluding tert-OH is 1. The molecule has 0 amide bonds. The quantitative estimate of drug-likeness (QED) is 0.689. The topological polar surface area (TPSA) is 98.6 Å². The number of aliphatic hydroxyl groups is 1. The third-order valence-corrected chi connectivity index (χ3v) is 3.93. The summed E-state index contributed by atoms with van der Waals surface area (Å²) < 4.78 is 1.15. The summed E-state index contributed by atoms with van der Waals surface area (Å²) in [7, 11) is 0. The maximum Gasteiger partial charge on any atom is 0.328 e. The number of hydrogen-bond acceptors (Lipinski definition) is 5. The minimum absolute atomic E-state index is 0.104. The second kappa shape index (κ2) is 7.94. The number of benzene rings is 1. The van der Waals surface area contributed by atoms with Crippen LogP contribution in [0.4, 0.5) is 0 Å². The number of rotatable bonds is 7. The summed E-state index contributed by atoms with van der Waals surface area (Å²) in [5, 5.41) is 19.8. The highest BCUT2D eigenvalue weighted by atomic mass is 16.3. The van der Waals surface area contributed by atoms with Crippen LogP contribution in [-0.4, -0.2) is 44.3 Å². The van der Waals surface area contributed by atoms with Gasteiger partial charge in [0.1, 0.15) is 5.75 Å². The number of phenolic OH excluding ortho intramolecular Hbond substituents is 1. The van der Waals surface area contributed by atoms with Gasteiger partial charge in [-0.2, -0.15) is 0 Å². The number of aryl methyl sites for hydroxylation is 1. The SMILES string of the molecule is CCN(CCn1c(=O)cc(C)[nH]c1=O)C[C@H](O)c1cccc(O)c1. The van der Waals surface area contributed by atoms with Crippen LogP contribution in [0.25, 0.3) is 0 Å². The smallest absolute Gasteiger partial charge is 0.328 e. The molecule has 1 aromatic heterocycles. The first-order chi connectivity index (χ1) is 11.4. The van der Waals surface area contributed by atoms with Gasteiger partial charge in [-0.15, -0.1) is 0 Å². The first-order valence-electron chi connectivity index (χ1n) is 7.90. The van der Waals surface area contributed by atoms with Crippen molar-refractivity contribution in [3.8, 4) is 5.75 Å². The van der Waals surface area contributed by atoms with Gasteiger partial charge < -0.3 is 15.2 Å². The summed E-state index contributed by atoms with van der Waals surface area (Å²) in [4.78, 5) is 28.3. The van der Waals surface area contributed by atoms with Crippen LogP contribution in [-0.2, 0) is 6.54 Å². The van der Waals surface area contributed by atoms with Crippen molar-refractivity contribution in [3.63, 3.8) is 0 Å². The molecule has 0 fully saturated rings. The van der Waals surface area contributed by atoms with Gasteiger partial charge in [-0.3, -0.25) is 14.3 Å². The summed E-state index contributed by atoms with van der Waals surface area (Å²) >= 11 is 0. The molecule has 1 heterocycles. The summed E-state index contributed by atoms with van der Waals surface area (Å²) in [6, 6.07) is 7.87. The van der Waals surface area contributed by atoms with E-state index in [1.54, 1.807) is 25.1 Å². The van der Waals surface area contributed by atoms with E-state index in [9.17, 15) is 19.8 Å². The molecule has 1 aromatic carbocycles. The zero-order valence-electron chi connectivity index (χ0n) is 13.9. The van der Waals surface area contributed by atoms with Gasteiger partial charge in [0.15, 0.2) is 0 Å². The van der Waals surface area contributed by atoms with E-state index in [-0.39, 0.29) is 17.9 Å². The van der Waals surface area contributed by atoms with Crippen LogP contribution >= 0.6 is 0 Å². The minimum Gasteiger partial charge on any atom is -0.508 e. The molecule has 0 saturated carbocycles. The second-order valence-electron chi connectivity index (χ2n) is 5.75. The molecule has 2 rings (SSSR count). The highest BCUT2D eigenvalue weighted by molar-refractivity contribution is 5.28. The Balaban J connectivity index is 2.03. The number of nitrogens with zero attached hydrogens (tertiary/aromatic N) is 2. The maximum atomic E-state index is 11.9. The van der Waals surface area contributed by atoms with Crippen LogP contribution in [0, 0.1) is 6.92 Å². The fourth-order valence-corrected chi connectivity index (χ4v) is 2.55. The largest absolute Gasteiger partial charge is 0.508 e. The van der Waals surface area contributed by atoms with Gasteiger partial charge in [0.25, 0.3) is 5.56 Å². The zero-order chi connectivity index (χ0) is 17.7. The molecule has 0 aliphatic heterocycles. The van der Waals surface area contributed by atoms with Gasteiger partial charge in [0, 0.05) is 31.4 Å². The lowest BCUT2D eigenvalue weighted by molar-refractivity contribution is 0.113. The van der Waals surface area contributed by atoms with E-state index in [1.165, 1.54) is 12.1 Å². The van der Waals surface area contributed by atoms with Crippen LogP contribution in [0.1, 0.15) is 24.3 Å². The average Bonchev–Trinajstić information content (AvgIpc) is 2.52. The number of nitrogens with one attached hydrogen (secondary N) is 1. The average molecular weight is 333 g/mol. The molecule has 2 aromatic rings. The number of hydrogen-bond donors (Lipinski definition) is 3. The van der Waals surface area contributed by atoms with Gasteiger partial charge in [0.2, 0.25) is 0 Å². The van der Waals surface area contributed by atoms with E-state index in [1.807, 2.05) is 11.8 Å². The third-order valence-electron chi connectivity index (χ3n) is 3.93. The fourth-order valence-electron chi connectivity index (χ4n) is 2.55. The molecule has 3 N–H and O–H groups in total. The Kier molecular flexibility index (Phi) is 5.94. The molecular weight excluding hydrogens is 310 g/mol. The van der Waals surface area contributed by atoms with E-state index in [2.05, 4.69) is 4.98 Å². The van der Waals surface area contributed by atoms with E-state index in [4.69, 9.17) is 0 Å². The van der Waals surface area contributed by atoms with Crippen molar-refractivity contribution in [2.24, 2.45) is 0 Å². The Bertz CT molecular complexity index is 766. The predicted molar refractivity (Wildman–Crippen MR) is 91.2 cm³/mol. The fraction of sp³-hybridized carbons (Fsp3) is 0.412. The number of aromatic nitrogens is 2. The lowest BCUT2D eigenvalue weighted by atomic mass is 10.1. The van der Waals surface area contributed by atoms with Crippen molar-refractivity contribution in [1.82, 2.24) is 14.5 Å². The minimum atomic E-state index is -0.759. The molecule has 0 bridgehead atoms. The highest BCUT2D eigenvalue weighted by Gasteiger charge is 2.14. The lowest BCUT2D eigenvalue weighted by Gasteiger charge is -2.24. The van der Waals surface area contributed by atoms with E-state index >= 15 is 0 Å². The molecule has 0 aliphatic rings. The summed E-state index contributed by atoms with van der Waals surface area (Å²) in [6.07, 6.45) is -0.759. The molecule has 0 aliphatic carbocycles. The molecule has 0 saturated heterocycles. The number of aromatic amines is 1. The summed E-state index contributed by atoms with van der Waals surface area (Å²) in [5.74, 6) is 0.104. The maximum absolute atomic E-state index is 11.9. The predicted octanol–water partition coefficient (Wildman–Crippen LogP) is 0.606. The Morgan fingerprint density at radius 3 is 2.67 bits per heavy atom. The Hall–Kier alpha value is -2.38. The highest BCUT2D eigenvalue weighted by Crippen LogP contribution is 2.19. The van der Waals surface area contributed by atoms with Gasteiger partial charge in [-0.1, -0.05) is 19.1 Å². The normalized spacial score (nSPS) is 12.5. The zero-order valence-corrected chi connectivity index (χ0v) is 13.9. The molecule has 24 heavy (non-hydrogen) atoms. The van der Waals surface area contributed by atoms with Gasteiger partial charge in [0.05, 0.1) is 6.10 Å². The Labute approximate surface area is 139 Å². The second-order valence-corrected chi connectivity index (χ2v) is 5.75. The van der Waals surface area contributed by atoms with Crippen molar-refractivity contribution >= 4 is 0 Å². The van der Waals surface area contributed by atoms with Crippen molar-refractivity contribution in [3.05, 3.63) is 62.4 Å². The van der Waals surface area contributed by atoms with Gasteiger partial charge in [-0.05, 0) is 31.2 Å². The first-order valence-corrected chi connectivity index (χ1v) is 7.90. The van der Waals surface area contributed by atoms with Crippen molar-refractivity contribution in [1.29, 1.82) is 0 Å². The lowest BCUT2D eigenvalue weighted by Crippen LogP contribution is -2.40. The molecule has 7 nitrogen and oxygen atoms in total. The van der Waals surface area contributed by atoms with Crippen LogP contribution in [0.2, 0.25) is 0 Å². The monoisotopic (exact) mass is 333 g/mol. The number of likely N-dealkylation sites (N-methyl/N-ethyl adjacent to an activating group) is 1. The standard InChI is InChI=1S/C17H23N3O4/c1-3-19(11-15(22)13-5-4-6-14(21)10-13)7-8-20-16(23)9-12(2)18-17(20)24/h4-6,9-10,15,21-22H,3,7-8,11H2,1-2H3,(H,18,24)/t15-/m0/s1. The van der Waals surface area contributed by atoms with Gasteiger partial charge >= 0.3 is 5.69 Å². The molecule has 0 spiro atoms. The third kappa shape index (κ3) is 4.56. The van der Waals surface area contributed by atoms with E-state index in [0.717, 1.165) is 4.57 Å². The molecule has 130 valence electrons. The van der Waals surface area contributed by atoms with E-state index in [0.29, 0.717) is 30.9 Å². The molecular formula is C17H23N3O4. The molecule has 1 atom stereocenters. The summed E-state index contributed by atoms with van der Waals surface area (Å²) in [6.45, 7) is 5.31. The van der Waals surface area contributed by atoms with E-state index < -0.39 is 11.8 Å². The van der Waals surface area contributed by atoms with Crippen LogP contribution in [0.3, 0.4) is 0 Å². The summed E-state index contributed by atoms with van der Waals surface area (Å²) in [5.41, 5.74) is 0.400. The molecule has 0 radical (unpaired) electrons. The number of H-pyrrole nitrogens is 1. The van der Waals surface area contributed by atoms with Crippen LogP contribution in [0.5, 0.6) is 5.75 Å². The van der Waals surface area contributed by atoms with Gasteiger partial charge in [-0.25, -0.2) is 4.79 Å².